The van der Waals surface area contributed by atoms with E-state index in [0.717, 1.165) is 6.20 Å². The quantitative estimate of drug-likeness (QED) is 0.156. The number of imidazole rings is 1. The summed E-state index contributed by atoms with van der Waals surface area (Å²) in [5.41, 5.74) is 0.0732. The number of amides is 2. The van der Waals surface area contributed by atoms with E-state index in [1.165, 1.54) is 23.0 Å². The first kappa shape index (κ1) is 32.7. The van der Waals surface area contributed by atoms with Crippen molar-refractivity contribution >= 4 is 29.0 Å². The van der Waals surface area contributed by atoms with E-state index in [1.807, 2.05) is 6.92 Å². The number of aryl methyl sites for hydroxylation is 1. The standard InChI is InChI=1S/C29H32F5N9O3/c1-3-16-8-17(4-5-19(16)27(45)39-15(2)10-38-28(46)21-9-18(44)11-36-21)40-25-26-37-12-22(43(26)7-6-35-25)20-13-42(14-23(30)31)41-24(20)29(32,33)34/h4-8,12-13,15,18,21,23,36,44H,3,9-11,14H2,1-2H3,(H,35,40)(H,38,46)(H,39,45)/t15-,18-,21+/m1/s1. The number of β-amino-alcohol motifs (C(OH)–C–C–N with tert-alkyl or cyclic N) is 1. The summed E-state index contributed by atoms with van der Waals surface area (Å²) >= 11 is 0. The second kappa shape index (κ2) is 13.4. The number of nitrogens with zero attached hydrogens (tertiary/aromatic N) is 5. The number of anilines is 2. The summed E-state index contributed by atoms with van der Waals surface area (Å²) in [6.07, 6.45) is -2.69. The maximum absolute atomic E-state index is 13.8. The van der Waals surface area contributed by atoms with E-state index in [9.17, 15) is 36.6 Å². The highest BCUT2D eigenvalue weighted by atomic mass is 19.4. The number of rotatable bonds is 11. The van der Waals surface area contributed by atoms with Crippen molar-refractivity contribution in [1.82, 2.24) is 40.1 Å². The molecule has 4 heterocycles. The summed E-state index contributed by atoms with van der Waals surface area (Å²) in [4.78, 5) is 33.9. The van der Waals surface area contributed by atoms with Gasteiger partial charge >= 0.3 is 6.18 Å². The third kappa shape index (κ3) is 7.25. The summed E-state index contributed by atoms with van der Waals surface area (Å²) in [6.45, 7) is 3.17. The fourth-order valence-corrected chi connectivity index (χ4v) is 5.23. The Morgan fingerprint density at radius 1 is 1.22 bits per heavy atom. The Bertz CT molecular complexity index is 1720. The lowest BCUT2D eigenvalue weighted by Gasteiger charge is -2.18. The number of alkyl halides is 5. The smallest absolute Gasteiger partial charge is 0.392 e. The van der Waals surface area contributed by atoms with E-state index < -0.39 is 42.5 Å². The number of carbonyl (C=O) groups excluding carboxylic acids is 2. The molecular formula is C29H32F5N9O3. The van der Waals surface area contributed by atoms with Crippen LogP contribution in [0, 0.1) is 0 Å². The minimum atomic E-state index is -4.89. The number of halogens is 5. The Morgan fingerprint density at radius 3 is 2.67 bits per heavy atom. The third-order valence-electron chi connectivity index (χ3n) is 7.44. The molecule has 4 aromatic rings. The van der Waals surface area contributed by atoms with Crippen LogP contribution in [0.3, 0.4) is 0 Å². The Labute approximate surface area is 259 Å². The van der Waals surface area contributed by atoms with Crippen LogP contribution in [0.15, 0.2) is 43.0 Å². The number of aliphatic hydroxyl groups excluding tert-OH is 1. The third-order valence-corrected chi connectivity index (χ3v) is 7.44. The lowest BCUT2D eigenvalue weighted by atomic mass is 10.0. The molecule has 12 nitrogen and oxygen atoms in total. The summed E-state index contributed by atoms with van der Waals surface area (Å²) in [7, 11) is 0. The highest BCUT2D eigenvalue weighted by molar-refractivity contribution is 5.96. The minimum Gasteiger partial charge on any atom is -0.392 e. The van der Waals surface area contributed by atoms with Gasteiger partial charge < -0.3 is 26.4 Å². The molecule has 5 N–H and O–H groups in total. The highest BCUT2D eigenvalue weighted by Crippen LogP contribution is 2.37. The molecule has 0 saturated carbocycles. The maximum atomic E-state index is 13.8. The zero-order valence-electron chi connectivity index (χ0n) is 24.8. The molecule has 2 amide bonds. The predicted molar refractivity (Wildman–Crippen MR) is 157 cm³/mol. The fraction of sp³-hybridized carbons (Fsp3) is 0.414. The van der Waals surface area contributed by atoms with Gasteiger partial charge in [0, 0.05) is 49.0 Å². The van der Waals surface area contributed by atoms with Crippen LogP contribution < -0.4 is 21.3 Å². The van der Waals surface area contributed by atoms with Gasteiger partial charge in [-0.15, -0.1) is 0 Å². The van der Waals surface area contributed by atoms with Crippen molar-refractivity contribution in [2.24, 2.45) is 0 Å². The van der Waals surface area contributed by atoms with E-state index in [1.54, 1.807) is 25.1 Å². The van der Waals surface area contributed by atoms with Crippen molar-refractivity contribution in [1.29, 1.82) is 0 Å². The van der Waals surface area contributed by atoms with Crippen molar-refractivity contribution in [3.8, 4) is 11.3 Å². The molecular weight excluding hydrogens is 617 g/mol. The SMILES string of the molecule is CCc1cc(Nc2nccn3c(-c4cn(CC(F)F)nc4C(F)(F)F)cnc23)ccc1C(=O)N[C@H](C)CNC(=O)[C@@H]1C[C@@H](O)CN1. The van der Waals surface area contributed by atoms with Gasteiger partial charge in [-0.1, -0.05) is 6.92 Å². The Hall–Kier alpha value is -4.64. The summed E-state index contributed by atoms with van der Waals surface area (Å²) in [5, 5.41) is 24.6. The van der Waals surface area contributed by atoms with Gasteiger partial charge in [-0.3, -0.25) is 18.7 Å². The van der Waals surface area contributed by atoms with Gasteiger partial charge in [0.15, 0.2) is 17.2 Å². The van der Waals surface area contributed by atoms with Crippen LogP contribution in [-0.4, -0.2) is 78.8 Å². The Balaban J connectivity index is 1.31. The van der Waals surface area contributed by atoms with Gasteiger partial charge in [-0.2, -0.15) is 18.3 Å². The average Bonchev–Trinajstić information content (AvgIpc) is 3.74. The number of nitrogens with one attached hydrogen (secondary N) is 4. The second-order valence-electron chi connectivity index (χ2n) is 10.9. The van der Waals surface area contributed by atoms with Gasteiger partial charge in [0.25, 0.3) is 12.3 Å². The first-order chi connectivity index (χ1) is 21.8. The molecule has 1 saturated heterocycles. The van der Waals surface area contributed by atoms with E-state index in [2.05, 4.69) is 36.3 Å². The van der Waals surface area contributed by atoms with Crippen molar-refractivity contribution in [3.05, 3.63) is 59.8 Å². The Kier molecular flexibility index (Phi) is 9.52. The van der Waals surface area contributed by atoms with Crippen LogP contribution in [0.1, 0.15) is 41.9 Å². The molecule has 1 aliphatic rings. The van der Waals surface area contributed by atoms with Crippen molar-refractivity contribution < 1.29 is 36.6 Å². The first-order valence-electron chi connectivity index (χ1n) is 14.5. The summed E-state index contributed by atoms with van der Waals surface area (Å²) in [6, 6.07) is 4.14. The lowest BCUT2D eigenvalue weighted by Crippen LogP contribution is -2.46. The monoisotopic (exact) mass is 649 g/mol. The van der Waals surface area contributed by atoms with E-state index in [-0.39, 0.29) is 41.6 Å². The van der Waals surface area contributed by atoms with Crippen LogP contribution in [-0.2, 0) is 23.9 Å². The molecule has 1 aliphatic heterocycles. The van der Waals surface area contributed by atoms with E-state index in [4.69, 9.17) is 0 Å². The molecule has 5 rings (SSSR count). The molecule has 1 aromatic carbocycles. The molecule has 46 heavy (non-hydrogen) atoms. The second-order valence-corrected chi connectivity index (χ2v) is 10.9. The number of fused-ring (bicyclic) bond motifs is 1. The van der Waals surface area contributed by atoms with Crippen molar-refractivity contribution in [3.63, 3.8) is 0 Å². The minimum absolute atomic E-state index is 0.0167. The van der Waals surface area contributed by atoms with Crippen LogP contribution in [0.25, 0.3) is 16.9 Å². The molecule has 0 unspecified atom stereocenters. The number of aliphatic hydroxyl groups is 1. The van der Waals surface area contributed by atoms with Crippen LogP contribution in [0.4, 0.5) is 33.5 Å². The highest BCUT2D eigenvalue weighted by Gasteiger charge is 2.38. The number of hydrogen-bond donors (Lipinski definition) is 5. The zero-order chi connectivity index (χ0) is 33.2. The van der Waals surface area contributed by atoms with Gasteiger partial charge in [0.1, 0.15) is 6.54 Å². The molecule has 0 aliphatic carbocycles. The molecule has 3 atom stereocenters. The van der Waals surface area contributed by atoms with E-state index >= 15 is 0 Å². The Morgan fingerprint density at radius 2 is 2.00 bits per heavy atom. The normalized spacial score (nSPS) is 17.4. The molecule has 1 fully saturated rings. The molecule has 246 valence electrons. The van der Waals surface area contributed by atoms with E-state index in [0.29, 0.717) is 40.9 Å². The number of aromatic nitrogens is 5. The summed E-state index contributed by atoms with van der Waals surface area (Å²) in [5.74, 6) is -0.390. The number of hydrogen-bond acceptors (Lipinski definition) is 8. The maximum Gasteiger partial charge on any atom is 0.435 e. The first-order valence-corrected chi connectivity index (χ1v) is 14.5. The van der Waals surface area contributed by atoms with Gasteiger partial charge in [-0.05, 0) is 43.5 Å². The van der Waals surface area contributed by atoms with Crippen molar-refractivity contribution in [2.45, 2.75) is 64.0 Å². The van der Waals surface area contributed by atoms with Gasteiger partial charge in [-0.25, -0.2) is 18.7 Å². The van der Waals surface area contributed by atoms with Crippen LogP contribution >= 0.6 is 0 Å². The number of benzene rings is 1. The van der Waals surface area contributed by atoms with Gasteiger partial charge in [0.2, 0.25) is 5.91 Å². The molecule has 0 bridgehead atoms. The topological polar surface area (TPSA) is 150 Å². The number of carbonyl (C=O) groups is 2. The van der Waals surface area contributed by atoms with Crippen molar-refractivity contribution in [2.75, 3.05) is 18.4 Å². The predicted octanol–water partition coefficient (Wildman–Crippen LogP) is 3.14. The van der Waals surface area contributed by atoms with Crippen LogP contribution in [0.2, 0.25) is 0 Å². The van der Waals surface area contributed by atoms with Crippen LogP contribution in [0.5, 0.6) is 0 Å². The largest absolute Gasteiger partial charge is 0.435 e. The molecule has 0 spiro atoms. The molecule has 17 heteroatoms. The summed E-state index contributed by atoms with van der Waals surface area (Å²) < 4.78 is 69.0. The fourth-order valence-electron chi connectivity index (χ4n) is 5.23. The molecule has 0 radical (unpaired) electrons. The zero-order valence-corrected chi connectivity index (χ0v) is 24.8. The van der Waals surface area contributed by atoms with Gasteiger partial charge in [0.05, 0.1) is 29.6 Å². The molecule has 3 aromatic heterocycles. The lowest BCUT2D eigenvalue weighted by molar-refractivity contribution is -0.141. The average molecular weight is 650 g/mol.